The highest BCUT2D eigenvalue weighted by atomic mass is 32.2. The molecule has 3 nitrogen and oxygen atoms in total. The van der Waals surface area contributed by atoms with Crippen molar-refractivity contribution in [2.75, 3.05) is 5.75 Å². The number of thioether (sulfide) groups is 1. The smallest absolute Gasteiger partial charge is 0.507 e. The molecular formula is C32H22BF5O3S2. The summed E-state index contributed by atoms with van der Waals surface area (Å²) >= 11 is 3.71. The third-order valence-electron chi connectivity index (χ3n) is 6.50. The minimum atomic E-state index is -2.70. The molecule has 0 aliphatic heterocycles. The zero-order chi connectivity index (χ0) is 30.7. The molecule has 2 N–H and O–H groups in total. The molecule has 0 amide bonds. The van der Waals surface area contributed by atoms with E-state index in [2.05, 4.69) is 102 Å². The third-order valence-corrected chi connectivity index (χ3v) is 8.36. The number of benzene rings is 5. The topological polar surface area (TPSA) is 49.7 Å². The van der Waals surface area contributed by atoms with Gasteiger partial charge in [-0.1, -0.05) is 61.5 Å². The molecule has 218 valence electrons. The van der Waals surface area contributed by atoms with Crippen molar-refractivity contribution in [2.24, 2.45) is 0 Å². The number of rotatable bonds is 6. The van der Waals surface area contributed by atoms with Crippen molar-refractivity contribution in [1.29, 1.82) is 0 Å². The molecule has 6 aromatic rings. The number of hydrogen-bond acceptors (Lipinski definition) is 5. The summed E-state index contributed by atoms with van der Waals surface area (Å²) < 4.78 is 66.3. The Kier molecular flexibility index (Phi) is 9.36. The van der Waals surface area contributed by atoms with E-state index in [1.165, 1.54) is 48.0 Å². The molecule has 43 heavy (non-hydrogen) atoms. The number of hydrogen-bond donors (Lipinski definition) is 2. The Morgan fingerprint density at radius 2 is 1.30 bits per heavy atom. The number of fused-ring (bicyclic) bond motifs is 2. The summed E-state index contributed by atoms with van der Waals surface area (Å²) in [5, 5.41) is 23.8. The molecule has 0 radical (unpaired) electrons. The first-order valence-electron chi connectivity index (χ1n) is 13.0. The Morgan fingerprint density at radius 3 is 1.93 bits per heavy atom. The van der Waals surface area contributed by atoms with Gasteiger partial charge in [-0.3, -0.25) is 0 Å². The van der Waals surface area contributed by atoms with E-state index in [1.54, 1.807) is 0 Å². The van der Waals surface area contributed by atoms with Gasteiger partial charge in [0.15, 0.2) is 5.75 Å². The highest BCUT2D eigenvalue weighted by molar-refractivity contribution is 7.99. The molecule has 0 fully saturated rings. The van der Waals surface area contributed by atoms with Crippen LogP contribution < -0.4 is 4.65 Å². The fraction of sp³-hybridized carbons (Fsp3) is 0.0625. The summed E-state index contributed by atoms with van der Waals surface area (Å²) in [7, 11) is -2.70. The summed E-state index contributed by atoms with van der Waals surface area (Å²) in [5.74, 6) is -12.0. The second-order valence-corrected chi connectivity index (χ2v) is 11.5. The Morgan fingerprint density at radius 1 is 0.698 bits per heavy atom. The zero-order valence-electron chi connectivity index (χ0n) is 22.5. The first kappa shape index (κ1) is 30.6. The molecule has 1 heterocycles. The van der Waals surface area contributed by atoms with E-state index < -0.39 is 42.2 Å². The van der Waals surface area contributed by atoms with Crippen molar-refractivity contribution >= 4 is 52.0 Å². The SMILES string of the molecule is CCSc1ccc(-c2csc(-c3cccc4cc5ccccc5cc34)c2)cc1.OB(O)Oc1c(F)c(F)c(F)c(F)c1F. The summed E-state index contributed by atoms with van der Waals surface area (Å²) in [6, 6.07) is 31.1. The molecule has 0 saturated heterocycles. The highest BCUT2D eigenvalue weighted by Gasteiger charge is 2.29. The van der Waals surface area contributed by atoms with Crippen LogP contribution in [0.15, 0.2) is 95.2 Å². The van der Waals surface area contributed by atoms with Gasteiger partial charge < -0.3 is 14.7 Å². The molecule has 0 atom stereocenters. The van der Waals surface area contributed by atoms with Crippen LogP contribution in [0.2, 0.25) is 0 Å². The van der Waals surface area contributed by atoms with Crippen molar-refractivity contribution in [3.63, 3.8) is 0 Å². The van der Waals surface area contributed by atoms with Gasteiger partial charge in [0, 0.05) is 9.77 Å². The fourth-order valence-electron chi connectivity index (χ4n) is 4.51. The normalized spacial score (nSPS) is 11.0. The van der Waals surface area contributed by atoms with Gasteiger partial charge in [0.05, 0.1) is 0 Å². The Labute approximate surface area is 252 Å². The van der Waals surface area contributed by atoms with Gasteiger partial charge in [0.25, 0.3) is 0 Å². The van der Waals surface area contributed by atoms with Crippen LogP contribution in [0.5, 0.6) is 5.75 Å². The molecule has 11 heteroatoms. The molecule has 0 unspecified atom stereocenters. The lowest BCUT2D eigenvalue weighted by molar-refractivity contribution is 0.263. The summed E-state index contributed by atoms with van der Waals surface area (Å²) in [4.78, 5) is 2.66. The van der Waals surface area contributed by atoms with Crippen molar-refractivity contribution in [2.45, 2.75) is 11.8 Å². The van der Waals surface area contributed by atoms with Gasteiger partial charge in [-0.25, -0.2) is 13.2 Å². The lowest BCUT2D eigenvalue weighted by Crippen LogP contribution is -2.23. The Hall–Kier alpha value is -3.90. The van der Waals surface area contributed by atoms with Crippen molar-refractivity contribution in [3.8, 4) is 27.3 Å². The number of thiophene rings is 1. The van der Waals surface area contributed by atoms with Gasteiger partial charge in [0.1, 0.15) is 0 Å². The highest BCUT2D eigenvalue weighted by Crippen LogP contribution is 2.38. The first-order chi connectivity index (χ1) is 20.7. The lowest BCUT2D eigenvalue weighted by Gasteiger charge is -2.08. The first-order valence-corrected chi connectivity index (χ1v) is 14.8. The standard InChI is InChI=1S/C26H20S2.C6H2BF5O3/c1-2-27-23-12-10-18(11-13-23)22-16-26(28-17-22)24-9-5-8-21-14-19-6-3-4-7-20(19)15-25(21)24;8-1-2(9)4(11)6(15-7(13)14)5(12)3(1)10/h3-17H,2H2,1H3;13-14H. The van der Waals surface area contributed by atoms with E-state index >= 15 is 0 Å². The quantitative estimate of drug-likeness (QED) is 0.0485. The second kappa shape index (κ2) is 13.2. The molecule has 0 aliphatic carbocycles. The van der Waals surface area contributed by atoms with Gasteiger partial charge in [0.2, 0.25) is 29.1 Å². The maximum absolute atomic E-state index is 12.7. The van der Waals surface area contributed by atoms with Crippen molar-refractivity contribution < 1.29 is 36.7 Å². The minimum absolute atomic E-state index is 1.11. The van der Waals surface area contributed by atoms with Crippen LogP contribution in [-0.4, -0.2) is 23.1 Å². The third kappa shape index (κ3) is 6.55. The predicted molar refractivity (Wildman–Crippen MR) is 164 cm³/mol. The van der Waals surface area contributed by atoms with Gasteiger partial charge >= 0.3 is 7.32 Å². The molecule has 0 spiro atoms. The van der Waals surface area contributed by atoms with E-state index in [-0.39, 0.29) is 0 Å². The molecule has 1 aromatic heterocycles. The largest absolute Gasteiger partial charge is 0.707 e. The summed E-state index contributed by atoms with van der Waals surface area (Å²) in [6.07, 6.45) is 0. The van der Waals surface area contributed by atoms with Gasteiger partial charge in [-0.15, -0.1) is 23.1 Å². The van der Waals surface area contributed by atoms with E-state index in [9.17, 15) is 22.0 Å². The average Bonchev–Trinajstić information content (AvgIpc) is 3.51. The van der Waals surface area contributed by atoms with E-state index in [0.717, 1.165) is 5.75 Å². The molecule has 0 bridgehead atoms. The fourth-order valence-corrected chi connectivity index (χ4v) is 6.13. The molecule has 0 aliphatic rings. The van der Waals surface area contributed by atoms with Gasteiger partial charge in [-0.05, 0) is 79.7 Å². The van der Waals surface area contributed by atoms with Crippen LogP contribution in [-0.2, 0) is 0 Å². The van der Waals surface area contributed by atoms with E-state index in [4.69, 9.17) is 10.0 Å². The van der Waals surface area contributed by atoms with Crippen LogP contribution >= 0.6 is 23.1 Å². The second-order valence-electron chi connectivity index (χ2n) is 9.23. The van der Waals surface area contributed by atoms with Crippen molar-refractivity contribution in [3.05, 3.63) is 119 Å². The van der Waals surface area contributed by atoms with Crippen LogP contribution in [0.4, 0.5) is 22.0 Å². The molecule has 5 aromatic carbocycles. The van der Waals surface area contributed by atoms with E-state index in [0.29, 0.717) is 0 Å². The predicted octanol–water partition coefficient (Wildman–Crippen LogP) is 9.23. The average molecular weight is 624 g/mol. The summed E-state index contributed by atoms with van der Waals surface area (Å²) in [6.45, 7) is 2.19. The van der Waals surface area contributed by atoms with Crippen LogP contribution in [0.25, 0.3) is 43.1 Å². The molecular weight excluding hydrogens is 602 g/mol. The lowest BCUT2D eigenvalue weighted by atomic mass is 9.98. The van der Waals surface area contributed by atoms with Gasteiger partial charge in [-0.2, -0.15) is 8.78 Å². The van der Waals surface area contributed by atoms with E-state index in [1.807, 2.05) is 23.1 Å². The minimum Gasteiger partial charge on any atom is -0.507 e. The molecule has 0 saturated carbocycles. The summed E-state index contributed by atoms with van der Waals surface area (Å²) in [5.41, 5.74) is 3.90. The van der Waals surface area contributed by atoms with Crippen LogP contribution in [0, 0.1) is 29.1 Å². The maximum atomic E-state index is 12.7. The Balaban J connectivity index is 0.000000209. The Bertz CT molecular complexity index is 1880. The monoisotopic (exact) mass is 624 g/mol. The maximum Gasteiger partial charge on any atom is 0.707 e. The van der Waals surface area contributed by atoms with Crippen molar-refractivity contribution in [1.82, 2.24) is 0 Å². The zero-order valence-corrected chi connectivity index (χ0v) is 24.1. The number of halogens is 5. The van der Waals surface area contributed by atoms with Crippen LogP contribution in [0.3, 0.4) is 0 Å². The van der Waals surface area contributed by atoms with Crippen LogP contribution in [0.1, 0.15) is 6.92 Å². The molecule has 6 rings (SSSR count).